The van der Waals surface area contributed by atoms with Crippen molar-refractivity contribution in [1.29, 1.82) is 0 Å². The van der Waals surface area contributed by atoms with Gasteiger partial charge in [-0.25, -0.2) is 0 Å². The Morgan fingerprint density at radius 1 is 1.00 bits per heavy atom. The molecule has 0 aromatic heterocycles. The second kappa shape index (κ2) is 2.24. The summed E-state index contributed by atoms with van der Waals surface area (Å²) in [5.74, 6) is 3.42. The van der Waals surface area contributed by atoms with Crippen molar-refractivity contribution in [2.45, 2.75) is 46.5 Å². The summed E-state index contributed by atoms with van der Waals surface area (Å²) in [7, 11) is 0. The predicted molar refractivity (Wildman–Crippen MR) is 48.4 cm³/mol. The average molecular weight is 152 g/mol. The highest BCUT2D eigenvalue weighted by Gasteiger charge is 2.46. The third-order valence-corrected chi connectivity index (χ3v) is 3.24. The Morgan fingerprint density at radius 3 is 2.00 bits per heavy atom. The van der Waals surface area contributed by atoms with Crippen LogP contribution in [0.3, 0.4) is 0 Å². The Hall–Kier alpha value is 0. The molecule has 2 fully saturated rings. The van der Waals surface area contributed by atoms with Crippen molar-refractivity contribution in [3.63, 3.8) is 0 Å². The third-order valence-electron chi connectivity index (χ3n) is 3.24. The zero-order valence-electron chi connectivity index (χ0n) is 8.06. The molecule has 0 aromatic carbocycles. The van der Waals surface area contributed by atoms with E-state index < -0.39 is 0 Å². The largest absolute Gasteiger partial charge is 0.0602 e. The highest BCUT2D eigenvalue weighted by atomic mass is 14.5. The molecule has 2 aliphatic rings. The Bertz CT molecular complexity index is 142. The van der Waals surface area contributed by atoms with Gasteiger partial charge in [0.2, 0.25) is 0 Å². The highest BCUT2D eigenvalue weighted by Crippen LogP contribution is 2.56. The van der Waals surface area contributed by atoms with Crippen molar-refractivity contribution in [3.8, 4) is 0 Å². The van der Waals surface area contributed by atoms with Gasteiger partial charge in [-0.3, -0.25) is 0 Å². The van der Waals surface area contributed by atoms with Crippen molar-refractivity contribution < 1.29 is 0 Å². The van der Waals surface area contributed by atoms with Gasteiger partial charge in [0.05, 0.1) is 0 Å². The van der Waals surface area contributed by atoms with E-state index in [0.717, 1.165) is 5.92 Å². The number of rotatable bonds is 1. The smallest absolute Gasteiger partial charge is 0.0380 e. The molecule has 0 amide bonds. The van der Waals surface area contributed by atoms with Crippen LogP contribution in [0, 0.1) is 23.2 Å². The Balaban J connectivity index is 1.80. The molecule has 2 rings (SSSR count). The first-order valence-corrected chi connectivity index (χ1v) is 5.04. The van der Waals surface area contributed by atoms with Gasteiger partial charge < -0.3 is 0 Å². The first kappa shape index (κ1) is 7.64. The Labute approximate surface area is 70.4 Å². The standard InChI is InChI=1S/C11H20/c1-11(2,3)7-8-4-9-6-10(9)5-8/h8-10H,4-7H2,1-3H3. The summed E-state index contributed by atoms with van der Waals surface area (Å²) in [5, 5.41) is 0. The van der Waals surface area contributed by atoms with Crippen molar-refractivity contribution in [3.05, 3.63) is 0 Å². The summed E-state index contributed by atoms with van der Waals surface area (Å²) in [6.45, 7) is 7.12. The van der Waals surface area contributed by atoms with E-state index in [-0.39, 0.29) is 0 Å². The molecular formula is C11H20. The zero-order valence-corrected chi connectivity index (χ0v) is 8.06. The average Bonchev–Trinajstić information content (AvgIpc) is 2.36. The van der Waals surface area contributed by atoms with Crippen LogP contribution in [-0.2, 0) is 0 Å². The van der Waals surface area contributed by atoms with Crippen molar-refractivity contribution >= 4 is 0 Å². The lowest BCUT2D eigenvalue weighted by molar-refractivity contribution is 0.283. The fourth-order valence-electron chi connectivity index (χ4n) is 2.87. The molecule has 0 aliphatic heterocycles. The van der Waals surface area contributed by atoms with Crippen LogP contribution < -0.4 is 0 Å². The maximum absolute atomic E-state index is 2.37. The fourth-order valence-corrected chi connectivity index (χ4v) is 2.87. The summed E-state index contributed by atoms with van der Waals surface area (Å²) in [5.41, 5.74) is 0.571. The highest BCUT2D eigenvalue weighted by molar-refractivity contribution is 4.96. The van der Waals surface area contributed by atoms with Crippen LogP contribution in [0.1, 0.15) is 46.5 Å². The minimum atomic E-state index is 0.571. The molecular weight excluding hydrogens is 132 g/mol. The molecule has 0 heteroatoms. The van der Waals surface area contributed by atoms with Gasteiger partial charge in [-0.1, -0.05) is 20.8 Å². The van der Waals surface area contributed by atoms with Crippen molar-refractivity contribution in [2.24, 2.45) is 23.2 Å². The summed E-state index contributed by atoms with van der Waals surface area (Å²) in [4.78, 5) is 0. The van der Waals surface area contributed by atoms with Gasteiger partial charge in [-0.05, 0) is 48.9 Å². The fraction of sp³-hybridized carbons (Fsp3) is 1.00. The topological polar surface area (TPSA) is 0 Å². The molecule has 2 aliphatic carbocycles. The van der Waals surface area contributed by atoms with Crippen LogP contribution in [0.4, 0.5) is 0 Å². The zero-order chi connectivity index (χ0) is 8.06. The van der Waals surface area contributed by atoms with E-state index in [4.69, 9.17) is 0 Å². The molecule has 0 saturated heterocycles. The molecule has 2 saturated carbocycles. The minimum Gasteiger partial charge on any atom is -0.0602 e. The lowest BCUT2D eigenvalue weighted by atomic mass is 9.83. The van der Waals surface area contributed by atoms with E-state index in [0.29, 0.717) is 5.41 Å². The van der Waals surface area contributed by atoms with Gasteiger partial charge in [-0.15, -0.1) is 0 Å². The predicted octanol–water partition coefficient (Wildman–Crippen LogP) is 3.47. The van der Waals surface area contributed by atoms with Crippen molar-refractivity contribution in [1.82, 2.24) is 0 Å². The molecule has 2 unspecified atom stereocenters. The first-order chi connectivity index (χ1) is 5.04. The van der Waals surface area contributed by atoms with Gasteiger partial charge in [-0.2, -0.15) is 0 Å². The van der Waals surface area contributed by atoms with E-state index in [1.165, 1.54) is 18.3 Å². The monoisotopic (exact) mass is 152 g/mol. The first-order valence-electron chi connectivity index (χ1n) is 5.04. The molecule has 0 spiro atoms. The maximum atomic E-state index is 2.37. The van der Waals surface area contributed by atoms with Gasteiger partial charge in [0, 0.05) is 0 Å². The van der Waals surface area contributed by atoms with E-state index >= 15 is 0 Å². The maximum Gasteiger partial charge on any atom is -0.0380 e. The summed E-state index contributed by atoms with van der Waals surface area (Å²) < 4.78 is 0. The van der Waals surface area contributed by atoms with Gasteiger partial charge in [0.15, 0.2) is 0 Å². The van der Waals surface area contributed by atoms with Gasteiger partial charge in [0.25, 0.3) is 0 Å². The molecule has 0 N–H and O–H groups in total. The lowest BCUT2D eigenvalue weighted by Gasteiger charge is -2.23. The van der Waals surface area contributed by atoms with E-state index in [1.807, 2.05) is 0 Å². The second-order valence-electron chi connectivity index (χ2n) is 5.86. The summed E-state index contributed by atoms with van der Waals surface area (Å²) in [6, 6.07) is 0. The summed E-state index contributed by atoms with van der Waals surface area (Å²) >= 11 is 0. The second-order valence-corrected chi connectivity index (χ2v) is 5.86. The molecule has 0 nitrogen and oxygen atoms in total. The molecule has 0 bridgehead atoms. The molecule has 0 heterocycles. The molecule has 2 atom stereocenters. The number of fused-ring (bicyclic) bond motifs is 1. The molecule has 64 valence electrons. The third kappa shape index (κ3) is 1.77. The lowest BCUT2D eigenvalue weighted by Crippen LogP contribution is -2.11. The van der Waals surface area contributed by atoms with Crippen LogP contribution >= 0.6 is 0 Å². The molecule has 0 radical (unpaired) electrons. The minimum absolute atomic E-state index is 0.571. The van der Waals surface area contributed by atoms with Crippen molar-refractivity contribution in [2.75, 3.05) is 0 Å². The molecule has 11 heavy (non-hydrogen) atoms. The van der Waals surface area contributed by atoms with Gasteiger partial charge in [0.1, 0.15) is 0 Å². The summed E-state index contributed by atoms with van der Waals surface area (Å²) in [6.07, 6.45) is 6.14. The number of hydrogen-bond acceptors (Lipinski definition) is 0. The van der Waals surface area contributed by atoms with E-state index in [9.17, 15) is 0 Å². The van der Waals surface area contributed by atoms with Crippen LogP contribution in [0.25, 0.3) is 0 Å². The van der Waals surface area contributed by atoms with Crippen LogP contribution in [-0.4, -0.2) is 0 Å². The van der Waals surface area contributed by atoms with Crippen LogP contribution in [0.5, 0.6) is 0 Å². The van der Waals surface area contributed by atoms with E-state index in [1.54, 1.807) is 19.3 Å². The quantitative estimate of drug-likeness (QED) is 0.539. The van der Waals surface area contributed by atoms with Gasteiger partial charge >= 0.3 is 0 Å². The van der Waals surface area contributed by atoms with E-state index in [2.05, 4.69) is 20.8 Å². The normalized spacial score (nSPS) is 42.3. The van der Waals surface area contributed by atoms with Crippen LogP contribution in [0.15, 0.2) is 0 Å². The van der Waals surface area contributed by atoms with Crippen LogP contribution in [0.2, 0.25) is 0 Å². The Kier molecular flexibility index (Phi) is 1.56. The molecule has 0 aromatic rings. The Morgan fingerprint density at radius 2 is 1.55 bits per heavy atom. The SMILES string of the molecule is CC(C)(C)CC1CC2CC2C1. The number of hydrogen-bond donors (Lipinski definition) is 0.